The number of benzene rings is 1. The van der Waals surface area contributed by atoms with Crippen molar-refractivity contribution >= 4 is 5.91 Å². The molecule has 110 valence electrons. The molecule has 5 heteroatoms. The fourth-order valence-corrected chi connectivity index (χ4v) is 2.36. The quantitative estimate of drug-likeness (QED) is 0.797. The van der Waals surface area contributed by atoms with E-state index < -0.39 is 0 Å². The van der Waals surface area contributed by atoms with Gasteiger partial charge in [0.2, 0.25) is 5.91 Å². The van der Waals surface area contributed by atoms with Crippen LogP contribution in [0.2, 0.25) is 0 Å². The Bertz CT molecular complexity index is 424. The van der Waals surface area contributed by atoms with Gasteiger partial charge in [-0.3, -0.25) is 10.1 Å². The van der Waals surface area contributed by atoms with E-state index in [1.165, 1.54) is 0 Å². The molecular weight excluding hydrogens is 254 g/mol. The molecule has 0 aliphatic carbocycles. The van der Waals surface area contributed by atoms with Crippen LogP contribution in [-0.4, -0.2) is 62.7 Å². The largest absolute Gasteiger partial charge is 0.383 e. The number of ether oxygens (including phenoxy) is 1. The summed E-state index contributed by atoms with van der Waals surface area (Å²) in [5.41, 5.74) is 1.14. The van der Waals surface area contributed by atoms with Crippen LogP contribution in [0.5, 0.6) is 0 Å². The standard InChI is InChI=1S/C15H23N3O2/c1-17(10-11-20-2)8-9-18-14(19)12-16-15(18)13-6-4-3-5-7-13/h3-7,15-16H,8-12H2,1-2H3. The second-order valence-electron chi connectivity index (χ2n) is 5.08. The lowest BCUT2D eigenvalue weighted by Crippen LogP contribution is -2.37. The molecule has 1 fully saturated rings. The molecule has 1 aliphatic heterocycles. The number of rotatable bonds is 7. The van der Waals surface area contributed by atoms with E-state index >= 15 is 0 Å². The van der Waals surface area contributed by atoms with E-state index in [2.05, 4.69) is 22.3 Å². The van der Waals surface area contributed by atoms with Gasteiger partial charge in [0.15, 0.2) is 0 Å². The third-order valence-corrected chi connectivity index (χ3v) is 3.59. The molecule has 0 radical (unpaired) electrons. The Hall–Kier alpha value is -1.43. The Morgan fingerprint density at radius 1 is 1.35 bits per heavy atom. The zero-order chi connectivity index (χ0) is 14.4. The zero-order valence-electron chi connectivity index (χ0n) is 12.2. The number of nitrogens with one attached hydrogen (secondary N) is 1. The number of methoxy groups -OCH3 is 1. The normalized spacial score (nSPS) is 19.1. The van der Waals surface area contributed by atoms with Crippen LogP contribution >= 0.6 is 0 Å². The van der Waals surface area contributed by atoms with Crippen molar-refractivity contribution in [1.29, 1.82) is 0 Å². The van der Waals surface area contributed by atoms with Crippen LogP contribution < -0.4 is 5.32 Å². The van der Waals surface area contributed by atoms with E-state index in [9.17, 15) is 4.79 Å². The molecule has 1 atom stereocenters. The Morgan fingerprint density at radius 3 is 2.80 bits per heavy atom. The van der Waals surface area contributed by atoms with Crippen molar-refractivity contribution in [2.24, 2.45) is 0 Å². The SMILES string of the molecule is COCCN(C)CCN1C(=O)CNC1c1ccccc1. The van der Waals surface area contributed by atoms with Crippen molar-refractivity contribution in [1.82, 2.24) is 15.1 Å². The minimum atomic E-state index is -0.000440. The molecular formula is C15H23N3O2. The Morgan fingerprint density at radius 2 is 2.10 bits per heavy atom. The van der Waals surface area contributed by atoms with Crippen LogP contribution in [-0.2, 0) is 9.53 Å². The molecule has 1 heterocycles. The molecule has 1 aromatic carbocycles. The van der Waals surface area contributed by atoms with Crippen molar-refractivity contribution in [3.63, 3.8) is 0 Å². The van der Waals surface area contributed by atoms with E-state index in [4.69, 9.17) is 4.74 Å². The van der Waals surface area contributed by atoms with Gasteiger partial charge in [-0.15, -0.1) is 0 Å². The Balaban J connectivity index is 1.92. The highest BCUT2D eigenvalue weighted by atomic mass is 16.5. The average molecular weight is 277 g/mol. The molecule has 1 amide bonds. The number of nitrogens with zero attached hydrogens (tertiary/aromatic N) is 2. The summed E-state index contributed by atoms with van der Waals surface area (Å²) in [6, 6.07) is 10.1. The summed E-state index contributed by atoms with van der Waals surface area (Å²) in [5.74, 6) is 0.166. The predicted molar refractivity (Wildman–Crippen MR) is 78.3 cm³/mol. The summed E-state index contributed by atoms with van der Waals surface area (Å²) in [6.45, 7) is 3.58. The molecule has 1 N–H and O–H groups in total. The highest BCUT2D eigenvalue weighted by Gasteiger charge is 2.30. The molecule has 1 aromatic rings. The molecule has 2 rings (SSSR count). The van der Waals surface area contributed by atoms with Gasteiger partial charge < -0.3 is 14.5 Å². The molecule has 1 saturated heterocycles. The highest BCUT2D eigenvalue weighted by Crippen LogP contribution is 2.21. The van der Waals surface area contributed by atoms with Gasteiger partial charge in [-0.25, -0.2) is 0 Å². The molecule has 20 heavy (non-hydrogen) atoms. The van der Waals surface area contributed by atoms with E-state index in [0.717, 1.165) is 25.2 Å². The molecule has 1 unspecified atom stereocenters. The van der Waals surface area contributed by atoms with Crippen LogP contribution in [0, 0.1) is 0 Å². The number of likely N-dealkylation sites (N-methyl/N-ethyl adjacent to an activating group) is 1. The van der Waals surface area contributed by atoms with E-state index in [-0.39, 0.29) is 12.1 Å². The van der Waals surface area contributed by atoms with Crippen molar-refractivity contribution in [3.8, 4) is 0 Å². The number of amides is 1. The average Bonchev–Trinajstić information content (AvgIpc) is 2.85. The molecule has 0 bridgehead atoms. The molecule has 0 spiro atoms. The van der Waals surface area contributed by atoms with Gasteiger partial charge in [-0.05, 0) is 12.6 Å². The summed E-state index contributed by atoms with van der Waals surface area (Å²) < 4.78 is 5.06. The summed E-state index contributed by atoms with van der Waals surface area (Å²) >= 11 is 0. The van der Waals surface area contributed by atoms with Crippen molar-refractivity contribution in [2.45, 2.75) is 6.17 Å². The smallest absolute Gasteiger partial charge is 0.238 e. The van der Waals surface area contributed by atoms with Gasteiger partial charge in [0.05, 0.1) is 13.2 Å². The van der Waals surface area contributed by atoms with Gasteiger partial charge in [-0.2, -0.15) is 0 Å². The first kappa shape index (κ1) is 15.0. The lowest BCUT2D eigenvalue weighted by atomic mass is 10.1. The maximum atomic E-state index is 12.0. The fourth-order valence-electron chi connectivity index (χ4n) is 2.36. The number of hydrogen-bond acceptors (Lipinski definition) is 4. The first-order valence-corrected chi connectivity index (χ1v) is 6.97. The number of hydrogen-bond donors (Lipinski definition) is 1. The Labute approximate surface area is 120 Å². The van der Waals surface area contributed by atoms with Crippen LogP contribution in [0.4, 0.5) is 0 Å². The highest BCUT2D eigenvalue weighted by molar-refractivity contribution is 5.80. The number of carbonyl (C=O) groups is 1. The minimum Gasteiger partial charge on any atom is -0.383 e. The van der Waals surface area contributed by atoms with Gasteiger partial charge in [-0.1, -0.05) is 30.3 Å². The second-order valence-corrected chi connectivity index (χ2v) is 5.08. The topological polar surface area (TPSA) is 44.8 Å². The van der Waals surface area contributed by atoms with E-state index in [1.54, 1.807) is 7.11 Å². The van der Waals surface area contributed by atoms with Crippen LogP contribution in [0.15, 0.2) is 30.3 Å². The first-order chi connectivity index (χ1) is 9.72. The summed E-state index contributed by atoms with van der Waals surface area (Å²) in [4.78, 5) is 16.1. The number of carbonyl (C=O) groups excluding carboxylic acids is 1. The second kappa shape index (κ2) is 7.38. The molecule has 1 aliphatic rings. The van der Waals surface area contributed by atoms with Crippen molar-refractivity contribution in [3.05, 3.63) is 35.9 Å². The van der Waals surface area contributed by atoms with Gasteiger partial charge >= 0.3 is 0 Å². The van der Waals surface area contributed by atoms with Crippen LogP contribution in [0.1, 0.15) is 11.7 Å². The van der Waals surface area contributed by atoms with Crippen molar-refractivity contribution < 1.29 is 9.53 Å². The van der Waals surface area contributed by atoms with Crippen LogP contribution in [0.25, 0.3) is 0 Å². The summed E-state index contributed by atoms with van der Waals surface area (Å²) in [6.07, 6.45) is -0.000440. The lowest BCUT2D eigenvalue weighted by molar-refractivity contribution is -0.128. The molecule has 0 aromatic heterocycles. The third-order valence-electron chi connectivity index (χ3n) is 3.59. The zero-order valence-corrected chi connectivity index (χ0v) is 12.2. The van der Waals surface area contributed by atoms with E-state index in [0.29, 0.717) is 13.2 Å². The van der Waals surface area contributed by atoms with Crippen LogP contribution in [0.3, 0.4) is 0 Å². The fraction of sp³-hybridized carbons (Fsp3) is 0.533. The van der Waals surface area contributed by atoms with E-state index in [1.807, 2.05) is 30.1 Å². The predicted octanol–water partition coefficient (Wildman–Crippen LogP) is 0.695. The van der Waals surface area contributed by atoms with Gasteiger partial charge in [0.1, 0.15) is 6.17 Å². The third kappa shape index (κ3) is 3.79. The maximum Gasteiger partial charge on any atom is 0.238 e. The summed E-state index contributed by atoms with van der Waals surface area (Å²) in [5, 5.41) is 3.27. The van der Waals surface area contributed by atoms with Crippen molar-refractivity contribution in [2.75, 3.05) is 46.9 Å². The molecule has 0 saturated carbocycles. The van der Waals surface area contributed by atoms with Gasteiger partial charge in [0, 0.05) is 26.7 Å². The maximum absolute atomic E-state index is 12.0. The lowest BCUT2D eigenvalue weighted by Gasteiger charge is -2.27. The Kier molecular flexibility index (Phi) is 5.52. The minimum absolute atomic E-state index is 0.000440. The monoisotopic (exact) mass is 277 g/mol. The van der Waals surface area contributed by atoms with Gasteiger partial charge in [0.25, 0.3) is 0 Å². The molecule has 5 nitrogen and oxygen atoms in total. The first-order valence-electron chi connectivity index (χ1n) is 6.97. The summed E-state index contributed by atoms with van der Waals surface area (Å²) in [7, 11) is 3.75.